The highest BCUT2D eigenvalue weighted by atomic mass is 35.5. The van der Waals surface area contributed by atoms with Gasteiger partial charge < -0.3 is 10.2 Å². The third-order valence-electron chi connectivity index (χ3n) is 3.32. The van der Waals surface area contributed by atoms with Crippen LogP contribution in [0.2, 0.25) is 10.0 Å². The van der Waals surface area contributed by atoms with E-state index in [0.29, 0.717) is 21.2 Å². The van der Waals surface area contributed by atoms with Crippen LogP contribution in [-0.2, 0) is 9.59 Å². The largest absolute Gasteiger partial charge is 0.481 e. The van der Waals surface area contributed by atoms with E-state index in [-0.39, 0.29) is 0 Å². The highest BCUT2D eigenvalue weighted by Crippen LogP contribution is 2.34. The van der Waals surface area contributed by atoms with Gasteiger partial charge in [-0.1, -0.05) is 47.5 Å². The summed E-state index contributed by atoms with van der Waals surface area (Å²) in [5.41, 5.74) is 0.749. The van der Waals surface area contributed by atoms with Crippen LogP contribution in [0.4, 0.5) is 0 Å². The van der Waals surface area contributed by atoms with Crippen molar-refractivity contribution in [2.75, 3.05) is 0 Å². The standard InChI is InChI=1S/C16H12Cl2O4/c17-11-5-1-9(2-6-11)13(15(19)20)14(16(21)22)10-3-7-12(18)8-4-10/h1-8,13-14H,(H,19,20)(H,21,22)/t13-,14-/m0/s1. The van der Waals surface area contributed by atoms with Gasteiger partial charge in [-0.2, -0.15) is 0 Å². The van der Waals surface area contributed by atoms with Gasteiger partial charge in [0.1, 0.15) is 0 Å². The van der Waals surface area contributed by atoms with Crippen molar-refractivity contribution in [2.24, 2.45) is 0 Å². The second kappa shape index (κ2) is 6.81. The molecule has 0 fully saturated rings. The molecule has 2 aromatic rings. The Bertz CT molecular complexity index is 619. The van der Waals surface area contributed by atoms with E-state index in [1.165, 1.54) is 48.5 Å². The summed E-state index contributed by atoms with van der Waals surface area (Å²) in [5, 5.41) is 19.9. The summed E-state index contributed by atoms with van der Waals surface area (Å²) in [4.78, 5) is 23.3. The summed E-state index contributed by atoms with van der Waals surface area (Å²) in [7, 11) is 0. The molecule has 0 aromatic heterocycles. The van der Waals surface area contributed by atoms with Gasteiger partial charge in [0.15, 0.2) is 0 Å². The first kappa shape index (κ1) is 16.3. The fraction of sp³-hybridized carbons (Fsp3) is 0.125. The molecule has 0 aliphatic carbocycles. The van der Waals surface area contributed by atoms with E-state index in [9.17, 15) is 19.8 Å². The summed E-state index contributed by atoms with van der Waals surface area (Å²) in [6.45, 7) is 0. The Morgan fingerprint density at radius 1 is 0.682 bits per heavy atom. The second-order valence-electron chi connectivity index (χ2n) is 4.73. The Kier molecular flexibility index (Phi) is 5.06. The van der Waals surface area contributed by atoms with Crippen LogP contribution in [0.5, 0.6) is 0 Å². The maximum atomic E-state index is 11.6. The van der Waals surface area contributed by atoms with Crippen molar-refractivity contribution in [2.45, 2.75) is 11.8 Å². The van der Waals surface area contributed by atoms with Crippen LogP contribution in [0, 0.1) is 0 Å². The molecule has 0 spiro atoms. The highest BCUT2D eigenvalue weighted by Gasteiger charge is 2.36. The first-order valence-electron chi connectivity index (χ1n) is 6.36. The highest BCUT2D eigenvalue weighted by molar-refractivity contribution is 6.30. The molecule has 0 radical (unpaired) electrons. The monoisotopic (exact) mass is 338 g/mol. The molecule has 0 unspecified atom stereocenters. The van der Waals surface area contributed by atoms with Gasteiger partial charge in [-0.05, 0) is 35.4 Å². The molecule has 4 nitrogen and oxygen atoms in total. The number of rotatable bonds is 5. The first-order chi connectivity index (χ1) is 10.4. The van der Waals surface area contributed by atoms with Crippen LogP contribution in [-0.4, -0.2) is 22.2 Å². The lowest BCUT2D eigenvalue weighted by atomic mass is 9.81. The van der Waals surface area contributed by atoms with E-state index in [0.717, 1.165) is 0 Å². The maximum Gasteiger partial charge on any atom is 0.312 e. The molecule has 0 heterocycles. The molecule has 22 heavy (non-hydrogen) atoms. The molecule has 114 valence electrons. The van der Waals surface area contributed by atoms with Gasteiger partial charge in [0.2, 0.25) is 0 Å². The number of hydrogen-bond donors (Lipinski definition) is 2. The quantitative estimate of drug-likeness (QED) is 0.862. The number of carboxylic acids is 2. The van der Waals surface area contributed by atoms with Gasteiger partial charge in [-0.25, -0.2) is 0 Å². The third kappa shape index (κ3) is 3.59. The molecule has 2 aromatic carbocycles. The smallest absolute Gasteiger partial charge is 0.312 e. The fourth-order valence-corrected chi connectivity index (χ4v) is 2.55. The number of carboxylic acid groups (broad SMARTS) is 2. The molecule has 0 bridgehead atoms. The van der Waals surface area contributed by atoms with Crippen LogP contribution < -0.4 is 0 Å². The molecular formula is C16H12Cl2O4. The van der Waals surface area contributed by atoms with Crippen molar-refractivity contribution in [1.29, 1.82) is 0 Å². The van der Waals surface area contributed by atoms with E-state index in [1.54, 1.807) is 0 Å². The van der Waals surface area contributed by atoms with E-state index in [2.05, 4.69) is 0 Å². The summed E-state index contributed by atoms with van der Waals surface area (Å²) in [6.07, 6.45) is 0. The van der Waals surface area contributed by atoms with Crippen molar-refractivity contribution in [3.8, 4) is 0 Å². The van der Waals surface area contributed by atoms with Gasteiger partial charge in [-0.3, -0.25) is 9.59 Å². The Morgan fingerprint density at radius 2 is 0.955 bits per heavy atom. The van der Waals surface area contributed by atoms with Crippen molar-refractivity contribution in [1.82, 2.24) is 0 Å². The van der Waals surface area contributed by atoms with E-state index >= 15 is 0 Å². The predicted molar refractivity (Wildman–Crippen MR) is 83.7 cm³/mol. The molecular weight excluding hydrogens is 327 g/mol. The normalized spacial score (nSPS) is 13.4. The average Bonchev–Trinajstić information content (AvgIpc) is 2.46. The van der Waals surface area contributed by atoms with Crippen LogP contribution in [0.3, 0.4) is 0 Å². The van der Waals surface area contributed by atoms with Crippen LogP contribution >= 0.6 is 23.2 Å². The minimum absolute atomic E-state index is 0.374. The van der Waals surface area contributed by atoms with Gasteiger partial charge in [0.05, 0.1) is 11.8 Å². The molecule has 0 aliphatic rings. The molecule has 0 saturated heterocycles. The van der Waals surface area contributed by atoms with Crippen molar-refractivity contribution >= 4 is 35.1 Å². The number of aliphatic carboxylic acids is 2. The summed E-state index contributed by atoms with van der Waals surface area (Å²) in [6, 6.07) is 12.2. The number of benzene rings is 2. The molecule has 2 atom stereocenters. The summed E-state index contributed by atoms with van der Waals surface area (Å²) in [5.74, 6) is -4.89. The zero-order chi connectivity index (χ0) is 16.3. The zero-order valence-corrected chi connectivity index (χ0v) is 12.8. The van der Waals surface area contributed by atoms with E-state index in [1.807, 2.05) is 0 Å². The lowest BCUT2D eigenvalue weighted by molar-refractivity contribution is -0.147. The summed E-state index contributed by atoms with van der Waals surface area (Å²) < 4.78 is 0. The molecule has 0 amide bonds. The fourth-order valence-electron chi connectivity index (χ4n) is 2.30. The lowest BCUT2D eigenvalue weighted by Gasteiger charge is -2.21. The maximum absolute atomic E-state index is 11.6. The Morgan fingerprint density at radius 3 is 1.18 bits per heavy atom. The number of carbonyl (C=O) groups is 2. The van der Waals surface area contributed by atoms with Gasteiger partial charge in [-0.15, -0.1) is 0 Å². The molecule has 2 N–H and O–H groups in total. The van der Waals surface area contributed by atoms with Gasteiger partial charge >= 0.3 is 11.9 Å². The minimum Gasteiger partial charge on any atom is -0.481 e. The van der Waals surface area contributed by atoms with E-state index < -0.39 is 23.8 Å². The molecule has 0 saturated carbocycles. The van der Waals surface area contributed by atoms with Gasteiger partial charge in [0.25, 0.3) is 0 Å². The zero-order valence-electron chi connectivity index (χ0n) is 11.2. The number of hydrogen-bond acceptors (Lipinski definition) is 2. The Balaban J connectivity index is 2.51. The topological polar surface area (TPSA) is 74.6 Å². The molecule has 6 heteroatoms. The van der Waals surface area contributed by atoms with Gasteiger partial charge in [0, 0.05) is 10.0 Å². The average molecular weight is 339 g/mol. The van der Waals surface area contributed by atoms with Crippen molar-refractivity contribution < 1.29 is 19.8 Å². The van der Waals surface area contributed by atoms with Crippen LogP contribution in [0.15, 0.2) is 48.5 Å². The minimum atomic E-state index is -1.23. The van der Waals surface area contributed by atoms with E-state index in [4.69, 9.17) is 23.2 Å². The van der Waals surface area contributed by atoms with Crippen molar-refractivity contribution in [3.05, 3.63) is 69.7 Å². The first-order valence-corrected chi connectivity index (χ1v) is 7.12. The predicted octanol–water partition coefficient (Wildman–Crippen LogP) is 4.03. The van der Waals surface area contributed by atoms with Crippen molar-refractivity contribution in [3.63, 3.8) is 0 Å². The number of halogens is 2. The van der Waals surface area contributed by atoms with Crippen LogP contribution in [0.25, 0.3) is 0 Å². The lowest BCUT2D eigenvalue weighted by Crippen LogP contribution is -2.26. The SMILES string of the molecule is O=C(O)[C@@H](c1ccc(Cl)cc1)[C@@H](C(=O)O)c1ccc(Cl)cc1. The Labute approximate surface area is 136 Å². The van der Waals surface area contributed by atoms with Crippen LogP contribution in [0.1, 0.15) is 23.0 Å². The Hall–Kier alpha value is -2.04. The molecule has 2 rings (SSSR count). The second-order valence-corrected chi connectivity index (χ2v) is 5.61. The molecule has 0 aliphatic heterocycles. The summed E-state index contributed by atoms with van der Waals surface area (Å²) >= 11 is 11.6. The third-order valence-corrected chi connectivity index (χ3v) is 3.83.